The molecule has 1 radical (unpaired) electrons. The van der Waals surface area contributed by atoms with Gasteiger partial charge < -0.3 is 0 Å². The maximum Gasteiger partial charge on any atom is 0.0211 e. The summed E-state index contributed by atoms with van der Waals surface area (Å²) < 4.78 is 0. The Kier molecular flexibility index (Phi) is 5.55. The van der Waals surface area contributed by atoms with Crippen LogP contribution in [0.15, 0.2) is 72.8 Å². The van der Waals surface area contributed by atoms with E-state index in [0.717, 1.165) is 0 Å². The zero-order chi connectivity index (χ0) is 16.5. The molecule has 0 aliphatic heterocycles. The smallest absolute Gasteiger partial charge is 0.0211 e. The van der Waals surface area contributed by atoms with Gasteiger partial charge in [-0.25, -0.2) is 0 Å². The molecule has 4 rings (SSSR count). The second-order valence-electron chi connectivity index (χ2n) is 6.70. The average molecular weight is 401 g/mol. The van der Waals surface area contributed by atoms with Gasteiger partial charge in [-0.15, -0.1) is 0 Å². The molecule has 1 aliphatic rings. The molecule has 1 heteroatoms. The molecule has 0 saturated carbocycles. The number of benzene rings is 3. The molecule has 25 heavy (non-hydrogen) atoms. The van der Waals surface area contributed by atoms with Crippen LogP contribution in [0, 0.1) is 6.42 Å². The maximum atomic E-state index is 2.32. The Labute approximate surface area is 169 Å². The Morgan fingerprint density at radius 1 is 0.680 bits per heavy atom. The zero-order valence-electron chi connectivity index (χ0n) is 14.7. The van der Waals surface area contributed by atoms with Crippen molar-refractivity contribution in [2.75, 3.05) is 0 Å². The SMILES string of the molecule is CC(C)c1ccc(-c2cccc3c2C=C(c2ccccc2)[CH]3)cc1.[Zr]. The van der Waals surface area contributed by atoms with Gasteiger partial charge in [0.2, 0.25) is 0 Å². The summed E-state index contributed by atoms with van der Waals surface area (Å²) in [5.74, 6) is 0.568. The van der Waals surface area contributed by atoms with Crippen molar-refractivity contribution in [3.05, 3.63) is 101 Å². The molecular weight excluding hydrogens is 379 g/mol. The predicted octanol–water partition coefficient (Wildman–Crippen LogP) is 6.58. The Bertz CT molecular complexity index is 887. The maximum absolute atomic E-state index is 2.32. The fourth-order valence-electron chi connectivity index (χ4n) is 3.33. The minimum absolute atomic E-state index is 0. The Hall–Kier alpha value is -1.72. The van der Waals surface area contributed by atoms with Crippen LogP contribution in [0.2, 0.25) is 0 Å². The van der Waals surface area contributed by atoms with Gasteiger partial charge in [0, 0.05) is 32.6 Å². The predicted molar refractivity (Wildman–Crippen MR) is 104 cm³/mol. The first-order valence-corrected chi connectivity index (χ1v) is 8.57. The molecule has 0 atom stereocenters. The molecule has 121 valence electrons. The molecule has 0 heterocycles. The van der Waals surface area contributed by atoms with E-state index in [1.807, 2.05) is 0 Å². The average Bonchev–Trinajstić information content (AvgIpc) is 3.07. The van der Waals surface area contributed by atoms with Gasteiger partial charge >= 0.3 is 0 Å². The van der Waals surface area contributed by atoms with Crippen LogP contribution in [0.25, 0.3) is 22.8 Å². The van der Waals surface area contributed by atoms with E-state index in [1.54, 1.807) is 0 Å². The molecular formula is C24H21Zr. The second-order valence-corrected chi connectivity index (χ2v) is 6.70. The molecule has 3 aromatic carbocycles. The number of hydrogen-bond donors (Lipinski definition) is 0. The Morgan fingerprint density at radius 2 is 1.40 bits per heavy atom. The van der Waals surface area contributed by atoms with Gasteiger partial charge in [0.15, 0.2) is 0 Å². The molecule has 0 saturated heterocycles. The summed E-state index contributed by atoms with van der Waals surface area (Å²) in [5, 5.41) is 0. The van der Waals surface area contributed by atoms with Crippen molar-refractivity contribution in [3.8, 4) is 11.1 Å². The van der Waals surface area contributed by atoms with E-state index in [2.05, 4.69) is 99.1 Å². The third-order valence-corrected chi connectivity index (χ3v) is 4.75. The van der Waals surface area contributed by atoms with Gasteiger partial charge in [-0.05, 0) is 50.9 Å². The van der Waals surface area contributed by atoms with Crippen molar-refractivity contribution in [2.45, 2.75) is 19.8 Å². The third-order valence-electron chi connectivity index (χ3n) is 4.75. The molecule has 0 aromatic heterocycles. The quantitative estimate of drug-likeness (QED) is 0.466. The zero-order valence-corrected chi connectivity index (χ0v) is 17.1. The van der Waals surface area contributed by atoms with Crippen LogP contribution in [0.4, 0.5) is 0 Å². The number of fused-ring (bicyclic) bond motifs is 1. The van der Waals surface area contributed by atoms with Crippen LogP contribution < -0.4 is 0 Å². The molecule has 0 amide bonds. The summed E-state index contributed by atoms with van der Waals surface area (Å²) in [6.45, 7) is 4.47. The fourth-order valence-corrected chi connectivity index (χ4v) is 3.33. The van der Waals surface area contributed by atoms with E-state index in [1.165, 1.54) is 39.0 Å². The van der Waals surface area contributed by atoms with Crippen LogP contribution >= 0.6 is 0 Å². The van der Waals surface area contributed by atoms with Crippen molar-refractivity contribution >= 4 is 11.6 Å². The normalized spacial score (nSPS) is 12.5. The van der Waals surface area contributed by atoms with Crippen molar-refractivity contribution in [2.24, 2.45) is 0 Å². The van der Waals surface area contributed by atoms with Gasteiger partial charge in [-0.2, -0.15) is 0 Å². The molecule has 0 bridgehead atoms. The first kappa shape index (κ1) is 18.1. The number of allylic oxidation sites excluding steroid dienone is 1. The first-order valence-electron chi connectivity index (χ1n) is 8.57. The summed E-state index contributed by atoms with van der Waals surface area (Å²) in [6.07, 6.45) is 4.60. The van der Waals surface area contributed by atoms with Gasteiger partial charge in [0.05, 0.1) is 0 Å². The molecule has 1 aliphatic carbocycles. The summed E-state index contributed by atoms with van der Waals surface area (Å²) in [4.78, 5) is 0. The summed E-state index contributed by atoms with van der Waals surface area (Å²) in [7, 11) is 0. The molecule has 0 fully saturated rings. The molecule has 3 aromatic rings. The van der Waals surface area contributed by atoms with Crippen LogP contribution in [0.1, 0.15) is 42.0 Å². The molecule has 0 unspecified atom stereocenters. The molecule has 0 nitrogen and oxygen atoms in total. The first-order chi connectivity index (χ1) is 11.7. The van der Waals surface area contributed by atoms with Crippen molar-refractivity contribution in [1.82, 2.24) is 0 Å². The van der Waals surface area contributed by atoms with Crippen molar-refractivity contribution < 1.29 is 26.2 Å². The topological polar surface area (TPSA) is 0 Å². The van der Waals surface area contributed by atoms with E-state index in [0.29, 0.717) is 5.92 Å². The fraction of sp³-hybridized carbons (Fsp3) is 0.125. The van der Waals surface area contributed by atoms with E-state index >= 15 is 0 Å². The standard InChI is InChI=1S/C24H21.Zr/c1-17(2)18-11-13-20(14-12-18)23-10-6-9-21-15-22(16-24(21)23)19-7-4-3-5-8-19;/h3-17H,1-2H3;. The largest absolute Gasteiger partial charge is 0.0622 e. The monoisotopic (exact) mass is 399 g/mol. The summed E-state index contributed by atoms with van der Waals surface area (Å²) in [5.41, 5.74) is 9.18. The van der Waals surface area contributed by atoms with E-state index < -0.39 is 0 Å². The Balaban J connectivity index is 0.00000182. The van der Waals surface area contributed by atoms with E-state index in [-0.39, 0.29) is 26.2 Å². The van der Waals surface area contributed by atoms with Crippen LogP contribution in [-0.4, -0.2) is 0 Å². The second kappa shape index (κ2) is 7.67. The number of hydrogen-bond acceptors (Lipinski definition) is 0. The minimum atomic E-state index is 0. The molecule has 0 spiro atoms. The molecule has 0 N–H and O–H groups in total. The van der Waals surface area contributed by atoms with Crippen LogP contribution in [0.5, 0.6) is 0 Å². The van der Waals surface area contributed by atoms with Crippen molar-refractivity contribution in [1.29, 1.82) is 0 Å². The number of rotatable bonds is 3. The van der Waals surface area contributed by atoms with Crippen LogP contribution in [-0.2, 0) is 26.2 Å². The van der Waals surface area contributed by atoms with Crippen molar-refractivity contribution in [3.63, 3.8) is 0 Å². The van der Waals surface area contributed by atoms with Crippen LogP contribution in [0.3, 0.4) is 0 Å². The van der Waals surface area contributed by atoms with E-state index in [9.17, 15) is 0 Å². The van der Waals surface area contributed by atoms with E-state index in [4.69, 9.17) is 0 Å². The van der Waals surface area contributed by atoms with Gasteiger partial charge in [-0.3, -0.25) is 0 Å². The minimum Gasteiger partial charge on any atom is -0.0622 e. The summed E-state index contributed by atoms with van der Waals surface area (Å²) >= 11 is 0. The van der Waals surface area contributed by atoms with Gasteiger partial charge in [-0.1, -0.05) is 86.6 Å². The Morgan fingerprint density at radius 3 is 2.08 bits per heavy atom. The summed E-state index contributed by atoms with van der Waals surface area (Å²) in [6, 6.07) is 26.2. The van der Waals surface area contributed by atoms with Gasteiger partial charge in [0.25, 0.3) is 0 Å². The third kappa shape index (κ3) is 3.63. The van der Waals surface area contributed by atoms with Gasteiger partial charge in [0.1, 0.15) is 0 Å².